The van der Waals surface area contributed by atoms with Crippen LogP contribution in [0.3, 0.4) is 0 Å². The van der Waals surface area contributed by atoms with E-state index in [2.05, 4.69) is 4.74 Å². The fourth-order valence-corrected chi connectivity index (χ4v) is 0.920. The molecule has 74 valence electrons. The lowest BCUT2D eigenvalue weighted by Crippen LogP contribution is -2.06. The summed E-state index contributed by atoms with van der Waals surface area (Å²) in [6.45, 7) is -0.217. The van der Waals surface area contributed by atoms with Crippen LogP contribution in [0.25, 0.3) is 0 Å². The van der Waals surface area contributed by atoms with E-state index >= 15 is 0 Å². The Morgan fingerprint density at radius 1 is 1.36 bits per heavy atom. The molecule has 0 aliphatic heterocycles. The molecule has 0 atom stereocenters. The van der Waals surface area contributed by atoms with Crippen molar-refractivity contribution in [3.8, 4) is 5.75 Å². The van der Waals surface area contributed by atoms with Gasteiger partial charge in [-0.3, -0.25) is 4.79 Å². The standard InChI is InChI=1S/C10H10O4/c1-13-9-4-2-8(3-5-9)10(12)14-7-6-11/h2-6H,7H2,1H3. The molecular weight excluding hydrogens is 184 g/mol. The second-order valence-corrected chi connectivity index (χ2v) is 2.49. The van der Waals surface area contributed by atoms with Crippen LogP contribution in [-0.4, -0.2) is 26.0 Å². The van der Waals surface area contributed by atoms with Gasteiger partial charge in [0.25, 0.3) is 0 Å². The maximum atomic E-state index is 11.2. The molecule has 0 spiro atoms. The molecule has 4 nitrogen and oxygen atoms in total. The molecule has 0 aliphatic carbocycles. The highest BCUT2D eigenvalue weighted by molar-refractivity contribution is 5.90. The second-order valence-electron chi connectivity index (χ2n) is 2.49. The first-order chi connectivity index (χ1) is 6.77. The Labute approximate surface area is 81.4 Å². The number of carbonyl (C=O) groups excluding carboxylic acids is 2. The minimum atomic E-state index is -0.514. The van der Waals surface area contributed by atoms with Crippen molar-refractivity contribution < 1.29 is 19.1 Å². The van der Waals surface area contributed by atoms with Crippen molar-refractivity contribution in [3.63, 3.8) is 0 Å². The molecule has 0 aliphatic rings. The topological polar surface area (TPSA) is 52.6 Å². The van der Waals surface area contributed by atoms with E-state index in [0.717, 1.165) is 0 Å². The summed E-state index contributed by atoms with van der Waals surface area (Å²) in [6, 6.07) is 6.45. The number of esters is 1. The lowest BCUT2D eigenvalue weighted by molar-refractivity contribution is -0.110. The van der Waals surface area contributed by atoms with Crippen molar-refractivity contribution in [2.24, 2.45) is 0 Å². The quantitative estimate of drug-likeness (QED) is 0.531. The number of ether oxygens (including phenoxy) is 2. The van der Waals surface area contributed by atoms with E-state index in [1.807, 2.05) is 0 Å². The van der Waals surface area contributed by atoms with Crippen LogP contribution >= 0.6 is 0 Å². The van der Waals surface area contributed by atoms with Crippen LogP contribution in [0, 0.1) is 0 Å². The molecular formula is C10H10O4. The van der Waals surface area contributed by atoms with E-state index < -0.39 is 5.97 Å². The van der Waals surface area contributed by atoms with Crippen molar-refractivity contribution >= 4 is 12.3 Å². The molecule has 1 rings (SSSR count). The molecule has 0 saturated carbocycles. The van der Waals surface area contributed by atoms with E-state index in [4.69, 9.17) is 4.74 Å². The Balaban J connectivity index is 2.66. The Hall–Kier alpha value is -1.84. The molecule has 0 aromatic heterocycles. The first-order valence-corrected chi connectivity index (χ1v) is 4.02. The van der Waals surface area contributed by atoms with E-state index in [1.54, 1.807) is 31.4 Å². The van der Waals surface area contributed by atoms with Crippen LogP contribution in [0.2, 0.25) is 0 Å². The molecule has 0 radical (unpaired) electrons. The fraction of sp³-hybridized carbons (Fsp3) is 0.200. The molecule has 0 amide bonds. The number of methoxy groups -OCH3 is 1. The highest BCUT2D eigenvalue weighted by atomic mass is 16.5. The SMILES string of the molecule is COc1ccc(C(=O)OCC=O)cc1. The largest absolute Gasteiger partial charge is 0.497 e. The summed E-state index contributed by atoms with van der Waals surface area (Å²) in [6.07, 6.45) is 0.529. The van der Waals surface area contributed by atoms with Crippen molar-refractivity contribution in [1.29, 1.82) is 0 Å². The van der Waals surface area contributed by atoms with Crippen molar-refractivity contribution in [2.75, 3.05) is 13.7 Å². The van der Waals surface area contributed by atoms with E-state index in [1.165, 1.54) is 0 Å². The van der Waals surface area contributed by atoms with Crippen LogP contribution in [0.4, 0.5) is 0 Å². The third kappa shape index (κ3) is 2.58. The lowest BCUT2D eigenvalue weighted by atomic mass is 10.2. The first kappa shape index (κ1) is 10.2. The van der Waals surface area contributed by atoms with Crippen LogP contribution in [0.1, 0.15) is 10.4 Å². The highest BCUT2D eigenvalue weighted by Gasteiger charge is 2.05. The molecule has 1 aromatic carbocycles. The molecule has 0 unspecified atom stereocenters. The summed E-state index contributed by atoms with van der Waals surface area (Å²) in [5, 5.41) is 0. The fourth-order valence-electron chi connectivity index (χ4n) is 0.920. The van der Waals surface area contributed by atoms with Gasteiger partial charge in [-0.2, -0.15) is 0 Å². The van der Waals surface area contributed by atoms with Crippen LogP contribution in [0.15, 0.2) is 24.3 Å². The number of hydrogen-bond donors (Lipinski definition) is 0. The Kier molecular flexibility index (Phi) is 3.67. The van der Waals surface area contributed by atoms with Crippen LogP contribution < -0.4 is 4.74 Å². The lowest BCUT2D eigenvalue weighted by Gasteiger charge is -2.02. The molecule has 0 N–H and O–H groups in total. The smallest absolute Gasteiger partial charge is 0.338 e. The predicted molar refractivity (Wildman–Crippen MR) is 49.3 cm³/mol. The molecule has 0 saturated heterocycles. The van der Waals surface area contributed by atoms with Gasteiger partial charge in [-0.05, 0) is 24.3 Å². The van der Waals surface area contributed by atoms with Crippen molar-refractivity contribution in [1.82, 2.24) is 0 Å². The van der Waals surface area contributed by atoms with Gasteiger partial charge < -0.3 is 9.47 Å². The van der Waals surface area contributed by atoms with E-state index in [9.17, 15) is 9.59 Å². The first-order valence-electron chi connectivity index (χ1n) is 4.02. The van der Waals surface area contributed by atoms with Gasteiger partial charge in [0.2, 0.25) is 0 Å². The summed E-state index contributed by atoms with van der Waals surface area (Å²) in [5.74, 6) is 0.150. The zero-order valence-electron chi connectivity index (χ0n) is 7.73. The van der Waals surface area contributed by atoms with Crippen molar-refractivity contribution in [3.05, 3.63) is 29.8 Å². The average Bonchev–Trinajstić information content (AvgIpc) is 2.26. The minimum Gasteiger partial charge on any atom is -0.497 e. The Morgan fingerprint density at radius 3 is 2.50 bits per heavy atom. The molecule has 0 bridgehead atoms. The van der Waals surface area contributed by atoms with Gasteiger partial charge in [-0.25, -0.2) is 4.79 Å². The average molecular weight is 194 g/mol. The number of aldehydes is 1. The Morgan fingerprint density at radius 2 is 2.00 bits per heavy atom. The summed E-state index contributed by atoms with van der Waals surface area (Å²) in [5.41, 5.74) is 0.396. The second kappa shape index (κ2) is 5.01. The van der Waals surface area contributed by atoms with E-state index in [0.29, 0.717) is 17.6 Å². The van der Waals surface area contributed by atoms with Gasteiger partial charge >= 0.3 is 5.97 Å². The third-order valence-electron chi connectivity index (χ3n) is 1.61. The summed E-state index contributed by atoms with van der Waals surface area (Å²) >= 11 is 0. The normalized spacial score (nSPS) is 9.21. The predicted octanol–water partition coefficient (Wildman–Crippen LogP) is 1.05. The minimum absolute atomic E-state index is 0.217. The number of rotatable bonds is 4. The molecule has 14 heavy (non-hydrogen) atoms. The van der Waals surface area contributed by atoms with E-state index in [-0.39, 0.29) is 6.61 Å². The van der Waals surface area contributed by atoms with Crippen LogP contribution in [-0.2, 0) is 9.53 Å². The summed E-state index contributed by atoms with van der Waals surface area (Å²) < 4.78 is 9.52. The molecule has 4 heteroatoms. The highest BCUT2D eigenvalue weighted by Crippen LogP contribution is 2.11. The van der Waals surface area contributed by atoms with Crippen LogP contribution in [0.5, 0.6) is 5.75 Å². The summed E-state index contributed by atoms with van der Waals surface area (Å²) in [7, 11) is 1.54. The maximum Gasteiger partial charge on any atom is 0.338 e. The molecule has 0 heterocycles. The maximum absolute atomic E-state index is 11.2. The number of benzene rings is 1. The third-order valence-corrected chi connectivity index (χ3v) is 1.61. The number of carbonyl (C=O) groups is 2. The van der Waals surface area contributed by atoms with Gasteiger partial charge in [-0.1, -0.05) is 0 Å². The van der Waals surface area contributed by atoms with Crippen molar-refractivity contribution in [2.45, 2.75) is 0 Å². The van der Waals surface area contributed by atoms with Gasteiger partial charge in [0, 0.05) is 0 Å². The Bertz CT molecular complexity index is 315. The van der Waals surface area contributed by atoms with Gasteiger partial charge in [-0.15, -0.1) is 0 Å². The zero-order chi connectivity index (χ0) is 10.4. The van der Waals surface area contributed by atoms with Gasteiger partial charge in [0.05, 0.1) is 12.7 Å². The number of hydrogen-bond acceptors (Lipinski definition) is 4. The zero-order valence-corrected chi connectivity index (χ0v) is 7.73. The monoisotopic (exact) mass is 194 g/mol. The summed E-state index contributed by atoms with van der Waals surface area (Å²) in [4.78, 5) is 21.1. The molecule has 0 fully saturated rings. The molecule has 1 aromatic rings. The van der Waals surface area contributed by atoms with Gasteiger partial charge in [0.15, 0.2) is 6.29 Å². The van der Waals surface area contributed by atoms with Gasteiger partial charge in [0.1, 0.15) is 12.4 Å².